The van der Waals surface area contributed by atoms with E-state index < -0.39 is 17.7 Å². The third-order valence-electron chi connectivity index (χ3n) is 6.71. The van der Waals surface area contributed by atoms with Crippen molar-refractivity contribution >= 4 is 34.7 Å². The number of phenolic OH excluding ortho intramolecular Hbond substituents is 1. The van der Waals surface area contributed by atoms with Gasteiger partial charge in [0.05, 0.1) is 16.6 Å². The predicted molar refractivity (Wildman–Crippen MR) is 144 cm³/mol. The molecule has 0 spiro atoms. The van der Waals surface area contributed by atoms with Crippen molar-refractivity contribution in [2.45, 2.75) is 52.5 Å². The maximum atomic E-state index is 13.5. The molecule has 1 unspecified atom stereocenters. The van der Waals surface area contributed by atoms with Crippen LogP contribution in [0.1, 0.15) is 61.6 Å². The topological polar surface area (TPSA) is 77.8 Å². The molecule has 36 heavy (non-hydrogen) atoms. The number of phenols is 1. The lowest BCUT2D eigenvalue weighted by atomic mass is 9.84. The molecule has 0 saturated carbocycles. The van der Waals surface area contributed by atoms with E-state index in [1.807, 2.05) is 44.2 Å². The van der Waals surface area contributed by atoms with Crippen molar-refractivity contribution < 1.29 is 19.8 Å². The Labute approximate surface area is 216 Å². The molecular weight excluding hydrogens is 474 g/mol. The standard InChI is InChI=1S/C30H30ClNO4/c1-6-18-8-12-21(13-9-18)32-26(19-10-14-24(33)23(31)15-19)25(28(35)29(32)36)27(34)22-16-20(30(3,4)5)11-7-17(22)2/h7-16,26,33-34H,6H2,1-5H3/b27-25+. The second kappa shape index (κ2) is 9.47. The number of aliphatic hydroxyl groups is 1. The smallest absolute Gasteiger partial charge is 0.300 e. The molecule has 4 rings (SSSR count). The summed E-state index contributed by atoms with van der Waals surface area (Å²) < 4.78 is 0. The average Bonchev–Trinajstić information content (AvgIpc) is 3.10. The van der Waals surface area contributed by atoms with Gasteiger partial charge in [0, 0.05) is 11.3 Å². The number of rotatable bonds is 4. The van der Waals surface area contributed by atoms with Gasteiger partial charge in [-0.05, 0) is 71.3 Å². The molecule has 0 aliphatic carbocycles. The van der Waals surface area contributed by atoms with Crippen LogP contribution in [0.15, 0.2) is 66.2 Å². The highest BCUT2D eigenvalue weighted by molar-refractivity contribution is 6.51. The molecule has 6 heteroatoms. The van der Waals surface area contributed by atoms with Crippen molar-refractivity contribution in [3.05, 3.63) is 99.1 Å². The monoisotopic (exact) mass is 503 g/mol. The van der Waals surface area contributed by atoms with Gasteiger partial charge in [0.25, 0.3) is 11.7 Å². The number of hydrogen-bond donors (Lipinski definition) is 2. The summed E-state index contributed by atoms with van der Waals surface area (Å²) in [6.45, 7) is 10.1. The van der Waals surface area contributed by atoms with Crippen LogP contribution in [-0.2, 0) is 21.4 Å². The summed E-state index contributed by atoms with van der Waals surface area (Å²) in [5, 5.41) is 21.7. The number of aliphatic hydroxyl groups excluding tert-OH is 1. The van der Waals surface area contributed by atoms with Gasteiger partial charge in [-0.2, -0.15) is 0 Å². The van der Waals surface area contributed by atoms with Gasteiger partial charge in [0.1, 0.15) is 11.5 Å². The van der Waals surface area contributed by atoms with Crippen LogP contribution >= 0.6 is 11.6 Å². The summed E-state index contributed by atoms with van der Waals surface area (Å²) in [7, 11) is 0. The first kappa shape index (κ1) is 25.5. The summed E-state index contributed by atoms with van der Waals surface area (Å²) in [6, 6.07) is 16.8. The van der Waals surface area contributed by atoms with Crippen molar-refractivity contribution in [3.8, 4) is 5.75 Å². The lowest BCUT2D eigenvalue weighted by molar-refractivity contribution is -0.132. The molecule has 0 radical (unpaired) electrons. The maximum Gasteiger partial charge on any atom is 0.300 e. The van der Waals surface area contributed by atoms with Gasteiger partial charge in [-0.25, -0.2) is 0 Å². The normalized spacial score (nSPS) is 17.6. The second-order valence-corrected chi connectivity index (χ2v) is 10.6. The van der Waals surface area contributed by atoms with Gasteiger partial charge in [-0.3, -0.25) is 14.5 Å². The zero-order valence-corrected chi connectivity index (χ0v) is 21.8. The highest BCUT2D eigenvalue weighted by Gasteiger charge is 2.47. The van der Waals surface area contributed by atoms with Gasteiger partial charge < -0.3 is 10.2 Å². The zero-order valence-electron chi connectivity index (χ0n) is 21.1. The average molecular weight is 504 g/mol. The van der Waals surface area contributed by atoms with Crippen LogP contribution in [0, 0.1) is 6.92 Å². The summed E-state index contributed by atoms with van der Waals surface area (Å²) in [4.78, 5) is 28.3. The van der Waals surface area contributed by atoms with Crippen LogP contribution in [0.2, 0.25) is 5.02 Å². The van der Waals surface area contributed by atoms with E-state index in [0.717, 1.165) is 23.1 Å². The van der Waals surface area contributed by atoms with Gasteiger partial charge in [-0.1, -0.05) is 69.6 Å². The minimum Gasteiger partial charge on any atom is -0.507 e. The molecule has 0 aromatic heterocycles. The number of Topliss-reactive ketones (excluding diaryl/α,β-unsaturated/α-hetero) is 1. The highest BCUT2D eigenvalue weighted by Crippen LogP contribution is 2.44. The Bertz CT molecular complexity index is 1380. The van der Waals surface area contributed by atoms with Gasteiger partial charge >= 0.3 is 0 Å². The number of amides is 1. The van der Waals surface area contributed by atoms with Crippen LogP contribution in [-0.4, -0.2) is 21.9 Å². The summed E-state index contributed by atoms with van der Waals surface area (Å²) in [6.07, 6.45) is 0.833. The SMILES string of the molecule is CCc1ccc(N2C(=O)C(=O)/C(=C(/O)c3cc(C(C)(C)C)ccc3C)C2c2ccc(O)c(Cl)c2)cc1. The molecule has 3 aromatic rings. The lowest BCUT2D eigenvalue weighted by Gasteiger charge is -2.26. The molecule has 186 valence electrons. The number of nitrogens with zero attached hydrogens (tertiary/aromatic N) is 1. The Kier molecular flexibility index (Phi) is 6.72. The van der Waals surface area contributed by atoms with E-state index in [-0.39, 0.29) is 27.5 Å². The molecule has 1 atom stereocenters. The Hall–Kier alpha value is -3.57. The third-order valence-corrected chi connectivity index (χ3v) is 7.02. The summed E-state index contributed by atoms with van der Waals surface area (Å²) >= 11 is 6.22. The quantitative estimate of drug-likeness (QED) is 0.232. The van der Waals surface area contributed by atoms with E-state index in [4.69, 9.17) is 11.6 Å². The number of hydrogen-bond acceptors (Lipinski definition) is 4. The maximum absolute atomic E-state index is 13.5. The predicted octanol–water partition coefficient (Wildman–Crippen LogP) is 6.84. The van der Waals surface area contributed by atoms with Gasteiger partial charge in [0.2, 0.25) is 0 Å². The van der Waals surface area contributed by atoms with Crippen molar-refractivity contribution in [3.63, 3.8) is 0 Å². The minimum atomic E-state index is -0.923. The van der Waals surface area contributed by atoms with Crippen molar-refractivity contribution in [1.29, 1.82) is 0 Å². The molecular formula is C30H30ClNO4. The number of carbonyl (C=O) groups excluding carboxylic acids is 2. The molecule has 5 nitrogen and oxygen atoms in total. The van der Waals surface area contributed by atoms with E-state index in [1.54, 1.807) is 18.2 Å². The van der Waals surface area contributed by atoms with Crippen LogP contribution in [0.25, 0.3) is 5.76 Å². The Morgan fingerprint density at radius 1 is 1.00 bits per heavy atom. The van der Waals surface area contributed by atoms with E-state index in [1.165, 1.54) is 17.0 Å². The Morgan fingerprint density at radius 3 is 2.25 bits per heavy atom. The molecule has 1 saturated heterocycles. The molecule has 0 bridgehead atoms. The second-order valence-electron chi connectivity index (χ2n) is 10.2. The lowest BCUT2D eigenvalue weighted by Crippen LogP contribution is -2.29. The zero-order chi connectivity index (χ0) is 26.4. The number of ketones is 1. The molecule has 1 fully saturated rings. The molecule has 3 aromatic carbocycles. The number of benzene rings is 3. The number of halogens is 1. The van der Waals surface area contributed by atoms with Crippen LogP contribution in [0.5, 0.6) is 5.75 Å². The number of aryl methyl sites for hydroxylation is 2. The molecule has 1 aliphatic heterocycles. The molecule has 1 aliphatic rings. The number of anilines is 1. The largest absolute Gasteiger partial charge is 0.507 e. The summed E-state index contributed by atoms with van der Waals surface area (Å²) in [5.41, 5.74) is 4.19. The first-order chi connectivity index (χ1) is 16.9. The highest BCUT2D eigenvalue weighted by atomic mass is 35.5. The van der Waals surface area contributed by atoms with Crippen molar-refractivity contribution in [1.82, 2.24) is 0 Å². The van der Waals surface area contributed by atoms with E-state index >= 15 is 0 Å². The fraction of sp³-hybridized carbons (Fsp3) is 0.267. The molecule has 2 N–H and O–H groups in total. The van der Waals surface area contributed by atoms with E-state index in [2.05, 4.69) is 20.8 Å². The fourth-order valence-corrected chi connectivity index (χ4v) is 4.68. The first-order valence-corrected chi connectivity index (χ1v) is 12.3. The van der Waals surface area contributed by atoms with Crippen molar-refractivity contribution in [2.75, 3.05) is 4.90 Å². The van der Waals surface area contributed by atoms with Gasteiger partial charge in [-0.15, -0.1) is 0 Å². The Balaban J connectivity index is 1.98. The fourth-order valence-electron chi connectivity index (χ4n) is 4.49. The number of carbonyl (C=O) groups is 2. The number of aromatic hydroxyl groups is 1. The van der Waals surface area contributed by atoms with E-state index in [0.29, 0.717) is 16.8 Å². The third kappa shape index (κ3) is 4.51. The van der Waals surface area contributed by atoms with Crippen LogP contribution < -0.4 is 4.90 Å². The van der Waals surface area contributed by atoms with Crippen LogP contribution in [0.3, 0.4) is 0 Å². The molecule has 1 amide bonds. The van der Waals surface area contributed by atoms with Crippen molar-refractivity contribution in [2.24, 2.45) is 0 Å². The van der Waals surface area contributed by atoms with E-state index in [9.17, 15) is 19.8 Å². The van der Waals surface area contributed by atoms with Gasteiger partial charge in [0.15, 0.2) is 0 Å². The first-order valence-electron chi connectivity index (χ1n) is 11.9. The Morgan fingerprint density at radius 2 is 1.67 bits per heavy atom. The van der Waals surface area contributed by atoms with Crippen LogP contribution in [0.4, 0.5) is 5.69 Å². The molecule has 1 heterocycles. The minimum absolute atomic E-state index is 0.0181. The summed E-state index contributed by atoms with van der Waals surface area (Å²) in [5.74, 6) is -1.86.